The molecule has 6 heteroatoms. The van der Waals surface area contributed by atoms with Crippen LogP contribution in [-0.2, 0) is 4.79 Å². The van der Waals surface area contributed by atoms with E-state index in [1.165, 1.54) is 6.42 Å². The molecule has 1 saturated heterocycles. The van der Waals surface area contributed by atoms with Crippen molar-refractivity contribution >= 4 is 50.7 Å². The van der Waals surface area contributed by atoms with Crippen molar-refractivity contribution in [3.8, 4) is 0 Å². The highest BCUT2D eigenvalue weighted by molar-refractivity contribution is 9.10. The van der Waals surface area contributed by atoms with E-state index in [4.69, 9.17) is 23.2 Å². The van der Waals surface area contributed by atoms with Gasteiger partial charge in [0.1, 0.15) is 0 Å². The average Bonchev–Trinajstić information content (AvgIpc) is 2.38. The number of nitrogens with zero attached hydrogens (tertiary/aromatic N) is 1. The Morgan fingerprint density at radius 3 is 2.37 bits per heavy atom. The van der Waals surface area contributed by atoms with Crippen LogP contribution in [0.25, 0.3) is 0 Å². The van der Waals surface area contributed by atoms with E-state index in [-0.39, 0.29) is 12.5 Å². The summed E-state index contributed by atoms with van der Waals surface area (Å²) in [6.07, 6.45) is 3.39. The summed E-state index contributed by atoms with van der Waals surface area (Å²) in [7, 11) is 0. The first-order valence-corrected chi connectivity index (χ1v) is 7.79. The van der Waals surface area contributed by atoms with Crippen LogP contribution in [0.15, 0.2) is 16.6 Å². The van der Waals surface area contributed by atoms with Gasteiger partial charge in [-0.1, -0.05) is 39.1 Å². The van der Waals surface area contributed by atoms with Crippen LogP contribution >= 0.6 is 39.1 Å². The van der Waals surface area contributed by atoms with Gasteiger partial charge in [-0.15, -0.1) is 0 Å². The van der Waals surface area contributed by atoms with Crippen LogP contribution in [0, 0.1) is 0 Å². The van der Waals surface area contributed by atoms with Crippen molar-refractivity contribution < 1.29 is 4.79 Å². The van der Waals surface area contributed by atoms with E-state index in [2.05, 4.69) is 21.2 Å². The Balaban J connectivity index is 1.96. The van der Waals surface area contributed by atoms with Crippen molar-refractivity contribution in [2.24, 2.45) is 0 Å². The summed E-state index contributed by atoms with van der Waals surface area (Å²) in [5, 5.41) is 4.04. The Hall–Kier alpha value is -0.450. The minimum absolute atomic E-state index is 0.0924. The third-order valence-corrected chi connectivity index (χ3v) is 4.19. The van der Waals surface area contributed by atoms with Crippen molar-refractivity contribution in [3.05, 3.63) is 26.7 Å². The van der Waals surface area contributed by atoms with Gasteiger partial charge in [0.15, 0.2) is 0 Å². The molecule has 19 heavy (non-hydrogen) atoms. The third-order valence-electron chi connectivity index (χ3n) is 3.13. The Morgan fingerprint density at radius 2 is 1.79 bits per heavy atom. The molecule has 1 aromatic rings. The van der Waals surface area contributed by atoms with Crippen LogP contribution in [0.3, 0.4) is 0 Å². The number of carbonyl (C=O) groups is 1. The van der Waals surface area contributed by atoms with Gasteiger partial charge in [0.05, 0.1) is 22.3 Å². The van der Waals surface area contributed by atoms with Crippen LogP contribution in [0.2, 0.25) is 10.0 Å². The maximum atomic E-state index is 12.0. The molecule has 0 aliphatic carbocycles. The highest BCUT2D eigenvalue weighted by Crippen LogP contribution is 2.33. The Labute approximate surface area is 131 Å². The lowest BCUT2D eigenvalue weighted by atomic mass is 10.1. The van der Waals surface area contributed by atoms with Gasteiger partial charge >= 0.3 is 0 Å². The number of nitrogens with one attached hydrogen (secondary N) is 1. The van der Waals surface area contributed by atoms with Gasteiger partial charge in [-0.05, 0) is 31.4 Å². The summed E-state index contributed by atoms with van der Waals surface area (Å²) in [6, 6.07) is 3.50. The first-order chi connectivity index (χ1) is 9.08. The molecule has 1 aromatic carbocycles. The first kappa shape index (κ1) is 14.9. The van der Waals surface area contributed by atoms with Crippen LogP contribution < -0.4 is 5.32 Å². The fraction of sp³-hybridized carbons (Fsp3) is 0.462. The lowest BCUT2D eigenvalue weighted by molar-refractivity contribution is -0.130. The summed E-state index contributed by atoms with van der Waals surface area (Å²) in [6.45, 7) is 1.92. The van der Waals surface area contributed by atoms with Crippen molar-refractivity contribution in [2.75, 3.05) is 25.0 Å². The largest absolute Gasteiger partial charge is 0.374 e. The topological polar surface area (TPSA) is 32.3 Å². The number of benzene rings is 1. The summed E-state index contributed by atoms with van der Waals surface area (Å²) >= 11 is 15.5. The maximum absolute atomic E-state index is 12.0. The number of hydrogen-bond donors (Lipinski definition) is 1. The molecule has 1 amide bonds. The molecule has 0 bridgehead atoms. The summed E-state index contributed by atoms with van der Waals surface area (Å²) in [5.74, 6) is 0.0924. The molecule has 1 heterocycles. The van der Waals surface area contributed by atoms with Crippen LogP contribution in [-0.4, -0.2) is 30.4 Å². The van der Waals surface area contributed by atoms with Gasteiger partial charge in [0.25, 0.3) is 0 Å². The van der Waals surface area contributed by atoms with E-state index in [0.717, 1.165) is 30.4 Å². The number of hydrogen-bond acceptors (Lipinski definition) is 2. The smallest absolute Gasteiger partial charge is 0.241 e. The van der Waals surface area contributed by atoms with Crippen molar-refractivity contribution in [2.45, 2.75) is 19.3 Å². The van der Waals surface area contributed by atoms with Gasteiger partial charge in [0, 0.05) is 17.6 Å². The Kier molecular flexibility index (Phi) is 5.37. The molecule has 0 atom stereocenters. The molecule has 0 unspecified atom stereocenters. The molecule has 1 N–H and O–H groups in total. The molecule has 104 valence electrons. The minimum atomic E-state index is 0.0924. The highest BCUT2D eigenvalue weighted by Gasteiger charge is 2.17. The van der Waals surface area contributed by atoms with E-state index in [1.807, 2.05) is 4.90 Å². The van der Waals surface area contributed by atoms with Crippen molar-refractivity contribution in [3.63, 3.8) is 0 Å². The SMILES string of the molecule is O=C(CNc1c(Cl)cc(Br)cc1Cl)N1CCCCC1. The Morgan fingerprint density at radius 1 is 1.21 bits per heavy atom. The molecular weight excluding hydrogens is 351 g/mol. The molecular formula is C13H15BrCl2N2O. The van der Waals surface area contributed by atoms with Crippen molar-refractivity contribution in [1.82, 2.24) is 4.90 Å². The fourth-order valence-corrected chi connectivity index (χ4v) is 3.47. The Bertz CT molecular complexity index is 453. The highest BCUT2D eigenvalue weighted by atomic mass is 79.9. The van der Waals surface area contributed by atoms with Gasteiger partial charge in [-0.25, -0.2) is 0 Å². The van der Waals surface area contributed by atoms with E-state index >= 15 is 0 Å². The number of rotatable bonds is 3. The standard InChI is InChI=1S/C13H15BrCl2N2O/c14-9-6-10(15)13(11(16)7-9)17-8-12(19)18-4-2-1-3-5-18/h6-7,17H,1-5,8H2. The number of anilines is 1. The van der Waals surface area contributed by atoms with E-state index < -0.39 is 0 Å². The zero-order chi connectivity index (χ0) is 13.8. The second-order valence-electron chi connectivity index (χ2n) is 4.54. The zero-order valence-corrected chi connectivity index (χ0v) is 13.5. The second-order valence-corrected chi connectivity index (χ2v) is 6.27. The van der Waals surface area contributed by atoms with Gasteiger partial charge in [-0.2, -0.15) is 0 Å². The van der Waals surface area contributed by atoms with E-state index in [1.54, 1.807) is 12.1 Å². The number of piperidine rings is 1. The second kappa shape index (κ2) is 6.82. The minimum Gasteiger partial charge on any atom is -0.374 e. The molecule has 0 radical (unpaired) electrons. The molecule has 1 fully saturated rings. The molecule has 0 saturated carbocycles. The molecule has 0 aromatic heterocycles. The summed E-state index contributed by atoms with van der Waals surface area (Å²) < 4.78 is 0.815. The molecule has 3 nitrogen and oxygen atoms in total. The summed E-state index contributed by atoms with van der Waals surface area (Å²) in [5.41, 5.74) is 0.608. The van der Waals surface area contributed by atoms with Gasteiger partial charge < -0.3 is 10.2 Å². The van der Waals surface area contributed by atoms with E-state index in [9.17, 15) is 4.79 Å². The monoisotopic (exact) mass is 364 g/mol. The predicted molar refractivity (Wildman–Crippen MR) is 83.1 cm³/mol. The van der Waals surface area contributed by atoms with Crippen LogP contribution in [0.1, 0.15) is 19.3 Å². The lowest BCUT2D eigenvalue weighted by Crippen LogP contribution is -2.39. The lowest BCUT2D eigenvalue weighted by Gasteiger charge is -2.27. The average molecular weight is 366 g/mol. The molecule has 1 aliphatic rings. The predicted octanol–water partition coefficient (Wildman–Crippen LogP) is 4.18. The third kappa shape index (κ3) is 4.01. The first-order valence-electron chi connectivity index (χ1n) is 6.24. The van der Waals surface area contributed by atoms with Crippen molar-refractivity contribution in [1.29, 1.82) is 0 Å². The maximum Gasteiger partial charge on any atom is 0.241 e. The molecule has 2 rings (SSSR count). The molecule has 0 spiro atoms. The number of likely N-dealkylation sites (tertiary alicyclic amines) is 1. The number of halogens is 3. The normalized spacial score (nSPS) is 15.4. The number of carbonyl (C=O) groups excluding carboxylic acids is 1. The fourth-order valence-electron chi connectivity index (χ4n) is 2.13. The van der Waals surface area contributed by atoms with Gasteiger partial charge in [-0.3, -0.25) is 4.79 Å². The number of amides is 1. The van der Waals surface area contributed by atoms with Crippen LogP contribution in [0.4, 0.5) is 5.69 Å². The van der Waals surface area contributed by atoms with Crippen LogP contribution in [0.5, 0.6) is 0 Å². The van der Waals surface area contributed by atoms with Gasteiger partial charge in [0.2, 0.25) is 5.91 Å². The molecule has 1 aliphatic heterocycles. The zero-order valence-electron chi connectivity index (χ0n) is 10.4. The summed E-state index contributed by atoms with van der Waals surface area (Å²) in [4.78, 5) is 13.9. The quantitative estimate of drug-likeness (QED) is 0.871. The van der Waals surface area contributed by atoms with E-state index in [0.29, 0.717) is 15.7 Å².